The van der Waals surface area contributed by atoms with Gasteiger partial charge in [0.2, 0.25) is 0 Å². The molecule has 91 heavy (non-hydrogen) atoms. The third-order valence-electron chi connectivity index (χ3n) is 18.0. The molecule has 0 aliphatic carbocycles. The van der Waals surface area contributed by atoms with E-state index in [2.05, 4.69) is 216 Å². The zero-order chi connectivity index (χ0) is 60.1. The fourth-order valence-corrected chi connectivity index (χ4v) is 13.8. The Balaban J connectivity index is 0.000000113. The first kappa shape index (κ1) is 52.3. The minimum atomic E-state index is 0.785. The molecular formula is C84H51ClN2O4. The number of para-hydroxylation sites is 4. The monoisotopic (exact) mass is 1190 g/mol. The fourth-order valence-electron chi connectivity index (χ4n) is 13.7. The highest BCUT2D eigenvalue weighted by molar-refractivity contribution is 6.32. The van der Waals surface area contributed by atoms with Crippen molar-refractivity contribution in [3.05, 3.63) is 308 Å². The Bertz CT molecular complexity index is 6080. The van der Waals surface area contributed by atoms with Gasteiger partial charge in [-0.3, -0.25) is 0 Å². The first-order valence-corrected chi connectivity index (χ1v) is 30.9. The van der Waals surface area contributed by atoms with Crippen molar-refractivity contribution in [2.75, 3.05) is 10.2 Å². The Morgan fingerprint density at radius 1 is 0.209 bits per heavy atom. The van der Waals surface area contributed by atoms with Crippen LogP contribution in [-0.2, 0) is 0 Å². The summed E-state index contributed by atoms with van der Waals surface area (Å²) in [6.45, 7) is 0. The van der Waals surface area contributed by atoms with Crippen LogP contribution in [0.15, 0.2) is 321 Å². The average molecular weight is 1190 g/mol. The van der Waals surface area contributed by atoms with Crippen LogP contribution >= 0.6 is 11.6 Å². The molecule has 0 bridgehead atoms. The van der Waals surface area contributed by atoms with Gasteiger partial charge in [-0.1, -0.05) is 194 Å². The van der Waals surface area contributed by atoms with Crippen molar-refractivity contribution < 1.29 is 17.7 Å². The van der Waals surface area contributed by atoms with E-state index < -0.39 is 0 Å². The molecular weight excluding hydrogens is 1140 g/mol. The molecule has 4 heterocycles. The second-order valence-corrected chi connectivity index (χ2v) is 23.7. The maximum Gasteiger partial charge on any atom is 0.135 e. The van der Waals surface area contributed by atoms with E-state index in [0.717, 1.165) is 121 Å². The lowest BCUT2D eigenvalue weighted by molar-refractivity contribution is 0.668. The lowest BCUT2D eigenvalue weighted by Crippen LogP contribution is -2.09. The summed E-state index contributed by atoms with van der Waals surface area (Å²) in [5.74, 6) is 0. The summed E-state index contributed by atoms with van der Waals surface area (Å²) in [6, 6.07) is 106. The summed E-state index contributed by atoms with van der Waals surface area (Å²) in [5, 5.41) is 28.3. The molecule has 0 unspecified atom stereocenters. The predicted molar refractivity (Wildman–Crippen MR) is 383 cm³/mol. The second-order valence-electron chi connectivity index (χ2n) is 23.3. The van der Waals surface area contributed by atoms with Crippen molar-refractivity contribution in [2.24, 2.45) is 0 Å². The molecule has 4 aromatic heterocycles. The van der Waals surface area contributed by atoms with E-state index in [1.54, 1.807) is 0 Å². The first-order chi connectivity index (χ1) is 45.0. The molecule has 0 aliphatic heterocycles. The van der Waals surface area contributed by atoms with Gasteiger partial charge in [-0.25, -0.2) is 0 Å². The summed E-state index contributed by atoms with van der Waals surface area (Å²) >= 11 is 6.14. The van der Waals surface area contributed by atoms with Crippen LogP contribution in [0.5, 0.6) is 0 Å². The second kappa shape index (κ2) is 21.2. The maximum atomic E-state index is 6.20. The molecule has 0 amide bonds. The van der Waals surface area contributed by atoms with Crippen molar-refractivity contribution in [1.82, 2.24) is 0 Å². The standard InChI is InChI=1S/C42H25NO2.C24H15NO2.C18H11Cl/c1-2-8-31-26(7-1)14-20-33-32(31)19-15-27-13-16-28(23-36(27)33)43(29-17-21-41-37(24-29)34-9-3-5-11-39(34)44-41)30-18-22-42-38(25-30)35-10-4-6-12-40(35)45-42;1-3-7-21-17(5-1)19-13-15(9-11-23(19)26-21)25-16-10-12-24-20(14-16)18-6-2-4-8-22(18)27-24;19-14-8-5-13-7-9-16-15-4-2-1-3-12(15)6-10-17(16)18(13)11-14/h1-25H;1-14,25H;1-11H. The average Bonchev–Trinajstić information content (AvgIpc) is 2.15. The highest BCUT2D eigenvalue weighted by Gasteiger charge is 2.20. The normalized spacial score (nSPS) is 11.8. The molecule has 0 fully saturated rings. The Kier molecular flexibility index (Phi) is 12.2. The van der Waals surface area contributed by atoms with Crippen molar-refractivity contribution in [3.8, 4) is 0 Å². The molecule has 6 nitrogen and oxygen atoms in total. The van der Waals surface area contributed by atoms with Gasteiger partial charge < -0.3 is 27.9 Å². The molecule has 7 heteroatoms. The van der Waals surface area contributed by atoms with Crippen LogP contribution in [0.4, 0.5) is 28.4 Å². The lowest BCUT2D eigenvalue weighted by Gasteiger charge is -2.26. The van der Waals surface area contributed by atoms with Crippen molar-refractivity contribution in [3.63, 3.8) is 0 Å². The molecule has 0 atom stereocenters. The number of hydrogen-bond acceptors (Lipinski definition) is 6. The van der Waals surface area contributed by atoms with E-state index in [0.29, 0.717) is 0 Å². The topological polar surface area (TPSA) is 67.8 Å². The number of nitrogens with one attached hydrogen (secondary N) is 1. The zero-order valence-electron chi connectivity index (χ0n) is 48.8. The van der Waals surface area contributed by atoms with Gasteiger partial charge in [-0.2, -0.15) is 0 Å². The largest absolute Gasteiger partial charge is 0.456 e. The van der Waals surface area contributed by atoms with Crippen LogP contribution in [0.1, 0.15) is 0 Å². The van der Waals surface area contributed by atoms with Crippen molar-refractivity contribution in [1.29, 1.82) is 0 Å². The number of furan rings is 4. The summed E-state index contributed by atoms with van der Waals surface area (Å²) in [6.07, 6.45) is 0. The number of fused-ring (bicyclic) bond motifs is 22. The van der Waals surface area contributed by atoms with E-state index in [9.17, 15) is 0 Å². The molecule has 0 radical (unpaired) electrons. The SMILES string of the molecule is Clc1ccc2ccc3c4ccccc4ccc3c2c1.c1ccc2c(c1)ccc1c3cc(N(c4ccc5oc6ccccc6c5c4)c4ccc5oc6ccccc6c5c4)ccc3ccc21.c1ccc2c(c1)oc1ccc(Nc3ccc4oc5ccccc5c4c3)cc12. The maximum absolute atomic E-state index is 6.20. The molecule has 0 saturated heterocycles. The highest BCUT2D eigenvalue weighted by Crippen LogP contribution is 2.44. The quantitative estimate of drug-likeness (QED) is 0.173. The molecule has 20 rings (SSSR count). The Hall–Kier alpha value is -11.8. The molecule has 428 valence electrons. The van der Waals surface area contributed by atoms with E-state index in [1.807, 2.05) is 97.1 Å². The van der Waals surface area contributed by atoms with Gasteiger partial charge in [-0.05, 0) is 186 Å². The fraction of sp³-hybridized carbons (Fsp3) is 0. The number of nitrogens with zero attached hydrogens (tertiary/aromatic N) is 1. The van der Waals surface area contributed by atoms with Gasteiger partial charge in [0.1, 0.15) is 44.7 Å². The van der Waals surface area contributed by atoms with E-state index in [1.165, 1.54) is 64.6 Å². The van der Waals surface area contributed by atoms with Crippen LogP contribution < -0.4 is 10.2 Å². The molecule has 1 N–H and O–H groups in total. The van der Waals surface area contributed by atoms with E-state index in [-0.39, 0.29) is 0 Å². The molecule has 20 aromatic rings. The first-order valence-electron chi connectivity index (χ1n) is 30.5. The summed E-state index contributed by atoms with van der Waals surface area (Å²) in [7, 11) is 0. The van der Waals surface area contributed by atoms with Crippen molar-refractivity contribution in [2.45, 2.75) is 0 Å². The number of rotatable bonds is 5. The van der Waals surface area contributed by atoms with Crippen LogP contribution in [0.2, 0.25) is 5.02 Å². The molecule has 0 spiro atoms. The molecule has 16 aromatic carbocycles. The number of hydrogen-bond donors (Lipinski definition) is 1. The van der Waals surface area contributed by atoms with E-state index in [4.69, 9.17) is 29.3 Å². The van der Waals surface area contributed by atoms with Gasteiger partial charge in [-0.15, -0.1) is 0 Å². The Morgan fingerprint density at radius 2 is 0.495 bits per heavy atom. The van der Waals surface area contributed by atoms with Crippen molar-refractivity contribution >= 4 is 192 Å². The molecule has 0 aliphatic rings. The molecule has 0 saturated carbocycles. The summed E-state index contributed by atoms with van der Waals surface area (Å²) in [5.41, 5.74) is 12.4. The van der Waals surface area contributed by atoms with Crippen LogP contribution in [0.25, 0.3) is 152 Å². The predicted octanol–water partition coefficient (Wildman–Crippen LogP) is 25.4. The zero-order valence-corrected chi connectivity index (χ0v) is 49.6. The van der Waals surface area contributed by atoms with Crippen LogP contribution in [0.3, 0.4) is 0 Å². The van der Waals surface area contributed by atoms with Gasteiger partial charge in [0, 0.05) is 76.5 Å². The van der Waals surface area contributed by atoms with Crippen LogP contribution in [0, 0.1) is 0 Å². The third-order valence-corrected chi connectivity index (χ3v) is 18.2. The van der Waals surface area contributed by atoms with Gasteiger partial charge >= 0.3 is 0 Å². The Labute approximate surface area is 525 Å². The number of halogens is 1. The summed E-state index contributed by atoms with van der Waals surface area (Å²) in [4.78, 5) is 2.35. The lowest BCUT2D eigenvalue weighted by atomic mass is 9.96. The minimum Gasteiger partial charge on any atom is -0.456 e. The van der Waals surface area contributed by atoms with Gasteiger partial charge in [0.15, 0.2) is 0 Å². The minimum absolute atomic E-state index is 0.785. The summed E-state index contributed by atoms with van der Waals surface area (Å²) < 4.78 is 24.2. The number of benzene rings is 16. The van der Waals surface area contributed by atoms with E-state index >= 15 is 0 Å². The van der Waals surface area contributed by atoms with Gasteiger partial charge in [0.25, 0.3) is 0 Å². The number of anilines is 5. The Morgan fingerprint density at radius 3 is 0.923 bits per heavy atom. The van der Waals surface area contributed by atoms with Crippen LogP contribution in [-0.4, -0.2) is 0 Å². The highest BCUT2D eigenvalue weighted by atomic mass is 35.5. The third kappa shape index (κ3) is 9.03. The van der Waals surface area contributed by atoms with Gasteiger partial charge in [0.05, 0.1) is 0 Å². The smallest absolute Gasteiger partial charge is 0.135 e.